The second kappa shape index (κ2) is 41.0. The Kier molecular flexibility index (Phi) is 40.1. The van der Waals surface area contributed by atoms with Crippen LogP contribution in [0.3, 0.4) is 0 Å². The van der Waals surface area contributed by atoms with Crippen LogP contribution in [-0.2, 0) is 19.1 Å². The summed E-state index contributed by atoms with van der Waals surface area (Å²) in [6.45, 7) is 13.7. The quantitative estimate of drug-likeness (QED) is 0.0496. The lowest BCUT2D eigenvalue weighted by atomic mass is 10.0. The first-order chi connectivity index (χ1) is 25.5. The molecule has 1 unspecified atom stereocenters. The molecule has 6 heteroatoms. The minimum Gasteiger partial charge on any atom is -0.465 e. The van der Waals surface area contributed by atoms with E-state index in [1.165, 1.54) is 148 Å². The molecular weight excluding hydrogens is 645 g/mol. The molecule has 52 heavy (non-hydrogen) atoms. The van der Waals surface area contributed by atoms with Crippen molar-refractivity contribution in [3.05, 3.63) is 0 Å². The zero-order valence-electron chi connectivity index (χ0n) is 35.7. The number of esters is 2. The monoisotopic (exact) mass is 737 g/mol. The van der Waals surface area contributed by atoms with Crippen LogP contribution >= 0.6 is 0 Å². The number of hydrogen-bond acceptors (Lipinski definition) is 6. The second-order valence-corrected chi connectivity index (χ2v) is 16.2. The van der Waals surface area contributed by atoms with Gasteiger partial charge in [-0.25, -0.2) is 0 Å². The van der Waals surface area contributed by atoms with Crippen molar-refractivity contribution in [1.82, 2.24) is 4.90 Å². The van der Waals surface area contributed by atoms with Crippen molar-refractivity contribution in [1.29, 1.82) is 0 Å². The molecule has 0 saturated carbocycles. The van der Waals surface area contributed by atoms with E-state index in [0.29, 0.717) is 25.4 Å². The molecule has 0 saturated heterocycles. The third-order valence-electron chi connectivity index (χ3n) is 10.8. The van der Waals surface area contributed by atoms with Gasteiger partial charge in [-0.1, -0.05) is 163 Å². The van der Waals surface area contributed by atoms with Gasteiger partial charge in [-0.3, -0.25) is 9.59 Å². The van der Waals surface area contributed by atoms with E-state index in [0.717, 1.165) is 77.5 Å². The molecular formula is C46H92N2O4. The number of unbranched alkanes of at least 4 members (excludes halogenated alkanes) is 22. The van der Waals surface area contributed by atoms with Gasteiger partial charge in [-0.2, -0.15) is 0 Å². The summed E-state index contributed by atoms with van der Waals surface area (Å²) in [7, 11) is 0. The molecule has 0 heterocycles. The van der Waals surface area contributed by atoms with Crippen LogP contribution in [0.2, 0.25) is 0 Å². The van der Waals surface area contributed by atoms with E-state index in [9.17, 15) is 9.59 Å². The molecule has 0 aromatic rings. The van der Waals surface area contributed by atoms with Crippen molar-refractivity contribution in [2.75, 3.05) is 32.8 Å². The Morgan fingerprint density at radius 1 is 0.481 bits per heavy atom. The fourth-order valence-corrected chi connectivity index (χ4v) is 7.22. The van der Waals surface area contributed by atoms with Gasteiger partial charge < -0.3 is 20.1 Å². The Labute approximate surface area is 325 Å². The van der Waals surface area contributed by atoms with E-state index in [-0.39, 0.29) is 18.0 Å². The number of rotatable bonds is 42. The van der Waals surface area contributed by atoms with Crippen LogP contribution in [0.4, 0.5) is 0 Å². The van der Waals surface area contributed by atoms with Crippen LogP contribution in [0.15, 0.2) is 0 Å². The highest BCUT2D eigenvalue weighted by molar-refractivity contribution is 5.69. The SMILES string of the molecule is CCCCCCCCC(CCCCCCCC)OC(=O)CCCCCCCN(CCCN)CCCCCCCC(=O)OCC(C)CCCCCCC. The number of nitrogens with two attached hydrogens (primary N) is 1. The molecule has 0 radical (unpaired) electrons. The molecule has 6 nitrogen and oxygen atoms in total. The van der Waals surface area contributed by atoms with Crippen molar-refractivity contribution in [3.8, 4) is 0 Å². The van der Waals surface area contributed by atoms with Crippen molar-refractivity contribution < 1.29 is 19.1 Å². The maximum absolute atomic E-state index is 12.7. The maximum Gasteiger partial charge on any atom is 0.306 e. The first-order valence-electron chi connectivity index (χ1n) is 23.2. The van der Waals surface area contributed by atoms with Crippen molar-refractivity contribution in [2.45, 2.75) is 246 Å². The Morgan fingerprint density at radius 2 is 0.865 bits per heavy atom. The average Bonchev–Trinajstić information content (AvgIpc) is 3.14. The third kappa shape index (κ3) is 37.2. The molecule has 0 amide bonds. The van der Waals surface area contributed by atoms with Gasteiger partial charge in [-0.15, -0.1) is 0 Å². The van der Waals surface area contributed by atoms with Crippen molar-refractivity contribution in [2.24, 2.45) is 11.7 Å². The first-order valence-corrected chi connectivity index (χ1v) is 23.2. The van der Waals surface area contributed by atoms with Crippen molar-refractivity contribution >= 4 is 11.9 Å². The first kappa shape index (κ1) is 50.9. The Morgan fingerprint density at radius 3 is 1.35 bits per heavy atom. The summed E-state index contributed by atoms with van der Waals surface area (Å²) >= 11 is 0. The van der Waals surface area contributed by atoms with Gasteiger partial charge in [0.1, 0.15) is 6.10 Å². The predicted molar refractivity (Wildman–Crippen MR) is 225 cm³/mol. The summed E-state index contributed by atoms with van der Waals surface area (Å²) in [5, 5.41) is 0. The lowest BCUT2D eigenvalue weighted by Gasteiger charge is -2.22. The lowest BCUT2D eigenvalue weighted by Crippen LogP contribution is -2.28. The summed E-state index contributed by atoms with van der Waals surface area (Å²) in [6, 6.07) is 0. The molecule has 0 rings (SSSR count). The Balaban J connectivity index is 4.07. The van der Waals surface area contributed by atoms with Crippen LogP contribution in [0.1, 0.15) is 240 Å². The van der Waals surface area contributed by atoms with Crippen LogP contribution in [0.25, 0.3) is 0 Å². The van der Waals surface area contributed by atoms with Crippen LogP contribution in [0.5, 0.6) is 0 Å². The number of carbonyl (C=O) groups excluding carboxylic acids is 2. The van der Waals surface area contributed by atoms with Gasteiger partial charge in [0, 0.05) is 12.8 Å². The molecule has 0 aromatic carbocycles. The van der Waals surface area contributed by atoms with Gasteiger partial charge in [0.15, 0.2) is 0 Å². The minimum absolute atomic E-state index is 0.0167. The molecule has 0 aliphatic rings. The Bertz CT molecular complexity index is 732. The number of ether oxygens (including phenoxy) is 2. The number of carbonyl (C=O) groups is 2. The average molecular weight is 737 g/mol. The van der Waals surface area contributed by atoms with E-state index < -0.39 is 0 Å². The van der Waals surface area contributed by atoms with Crippen LogP contribution in [-0.4, -0.2) is 55.7 Å². The summed E-state index contributed by atoms with van der Waals surface area (Å²) in [5.74, 6) is 0.487. The summed E-state index contributed by atoms with van der Waals surface area (Å²) in [6.07, 6.45) is 38.9. The lowest BCUT2D eigenvalue weighted by molar-refractivity contribution is -0.150. The van der Waals surface area contributed by atoms with Gasteiger partial charge >= 0.3 is 11.9 Å². The van der Waals surface area contributed by atoms with Gasteiger partial charge in [0.05, 0.1) is 6.61 Å². The molecule has 1 atom stereocenters. The number of hydrogen-bond donors (Lipinski definition) is 1. The summed E-state index contributed by atoms with van der Waals surface area (Å²) < 4.78 is 11.6. The molecule has 310 valence electrons. The Hall–Kier alpha value is -1.14. The highest BCUT2D eigenvalue weighted by atomic mass is 16.5. The van der Waals surface area contributed by atoms with Gasteiger partial charge in [0.25, 0.3) is 0 Å². The van der Waals surface area contributed by atoms with Crippen LogP contribution in [0, 0.1) is 5.92 Å². The number of nitrogens with zero attached hydrogens (tertiary/aromatic N) is 1. The predicted octanol–water partition coefficient (Wildman–Crippen LogP) is 13.3. The zero-order chi connectivity index (χ0) is 38.2. The van der Waals surface area contributed by atoms with Crippen molar-refractivity contribution in [3.63, 3.8) is 0 Å². The molecule has 0 aromatic heterocycles. The molecule has 2 N–H and O–H groups in total. The molecule has 0 spiro atoms. The van der Waals surface area contributed by atoms with Gasteiger partial charge in [0.2, 0.25) is 0 Å². The topological polar surface area (TPSA) is 81.9 Å². The van der Waals surface area contributed by atoms with E-state index in [4.69, 9.17) is 15.2 Å². The van der Waals surface area contributed by atoms with E-state index in [1.54, 1.807) is 0 Å². The highest BCUT2D eigenvalue weighted by Crippen LogP contribution is 2.19. The molecule has 0 bridgehead atoms. The van der Waals surface area contributed by atoms with E-state index >= 15 is 0 Å². The normalized spacial score (nSPS) is 12.2. The minimum atomic E-state index is -0.0167. The fraction of sp³-hybridized carbons (Fsp3) is 0.957. The largest absolute Gasteiger partial charge is 0.465 e. The standard InChI is InChI=1S/C46H92N2O4/c1-5-8-11-14-19-26-34-44(35-27-20-15-12-9-6-2)52-46(50)37-29-22-17-24-31-40-48(41-32-38-47)39-30-23-16-21-28-36-45(49)51-42-43(4)33-25-18-13-10-7-3/h43-44H,5-42,47H2,1-4H3. The van der Waals surface area contributed by atoms with Gasteiger partial charge in [-0.05, 0) is 96.3 Å². The smallest absolute Gasteiger partial charge is 0.306 e. The third-order valence-corrected chi connectivity index (χ3v) is 10.8. The zero-order valence-corrected chi connectivity index (χ0v) is 35.7. The summed E-state index contributed by atoms with van der Waals surface area (Å²) in [4.78, 5) is 27.5. The second-order valence-electron chi connectivity index (χ2n) is 16.2. The van der Waals surface area contributed by atoms with Crippen LogP contribution < -0.4 is 5.73 Å². The highest BCUT2D eigenvalue weighted by Gasteiger charge is 2.14. The van der Waals surface area contributed by atoms with E-state index in [2.05, 4.69) is 32.6 Å². The molecule has 0 aliphatic heterocycles. The summed E-state index contributed by atoms with van der Waals surface area (Å²) in [5.41, 5.74) is 5.84. The fourth-order valence-electron chi connectivity index (χ4n) is 7.22. The van der Waals surface area contributed by atoms with E-state index in [1.807, 2.05) is 0 Å². The molecule has 0 fully saturated rings. The molecule has 0 aliphatic carbocycles. The maximum atomic E-state index is 12.7.